The molecular weight excluding hydrogens is 484 g/mol. The number of aromatic nitrogens is 3. The summed E-state index contributed by atoms with van der Waals surface area (Å²) in [5.74, 6) is 2.33. The predicted molar refractivity (Wildman–Crippen MR) is 155 cm³/mol. The molecule has 6 heteroatoms. The molecule has 0 saturated heterocycles. The van der Waals surface area contributed by atoms with Gasteiger partial charge in [0.1, 0.15) is 5.75 Å². The SMILES string of the molecule is COc1ccc([C@H]2CC[C@H](CN(C(=O)C3CCCCC3)c3cccc(-c4cnn(C5CC5)c4)c3)CC2)nc1C. The van der Waals surface area contributed by atoms with Crippen molar-refractivity contribution in [2.45, 2.75) is 89.5 Å². The van der Waals surface area contributed by atoms with Gasteiger partial charge >= 0.3 is 0 Å². The smallest absolute Gasteiger partial charge is 0.230 e. The molecule has 3 aliphatic carbocycles. The normalized spacial score (nSPS) is 22.0. The number of hydrogen-bond donors (Lipinski definition) is 0. The second-order valence-electron chi connectivity index (χ2n) is 12.0. The predicted octanol–water partition coefficient (Wildman–Crippen LogP) is 7.48. The molecule has 1 aromatic carbocycles. The minimum atomic E-state index is 0.155. The number of methoxy groups -OCH3 is 1. The molecule has 206 valence electrons. The Balaban J connectivity index is 1.19. The maximum absolute atomic E-state index is 14.0. The summed E-state index contributed by atoms with van der Waals surface area (Å²) < 4.78 is 7.51. The molecule has 6 rings (SSSR count). The van der Waals surface area contributed by atoms with Crippen molar-refractivity contribution in [3.8, 4) is 16.9 Å². The number of ether oxygens (including phenoxy) is 1. The lowest BCUT2D eigenvalue weighted by atomic mass is 9.79. The number of nitrogens with zero attached hydrogens (tertiary/aromatic N) is 4. The second kappa shape index (κ2) is 11.5. The first-order chi connectivity index (χ1) is 19.1. The fraction of sp³-hybridized carbons (Fsp3) is 0.545. The highest BCUT2D eigenvalue weighted by molar-refractivity contribution is 5.95. The molecule has 2 heterocycles. The first kappa shape index (κ1) is 26.1. The van der Waals surface area contributed by atoms with E-state index in [0.29, 0.717) is 23.8 Å². The minimum absolute atomic E-state index is 0.155. The van der Waals surface area contributed by atoms with Gasteiger partial charge in [-0.1, -0.05) is 31.4 Å². The average molecular weight is 527 g/mol. The summed E-state index contributed by atoms with van der Waals surface area (Å²) in [4.78, 5) is 21.0. The number of hydrogen-bond acceptors (Lipinski definition) is 4. The van der Waals surface area contributed by atoms with E-state index in [4.69, 9.17) is 9.72 Å². The van der Waals surface area contributed by atoms with E-state index in [9.17, 15) is 4.79 Å². The monoisotopic (exact) mass is 526 g/mol. The van der Waals surface area contributed by atoms with Crippen molar-refractivity contribution >= 4 is 11.6 Å². The molecule has 0 spiro atoms. The first-order valence-corrected chi connectivity index (χ1v) is 15.1. The largest absolute Gasteiger partial charge is 0.495 e. The maximum atomic E-state index is 14.0. The van der Waals surface area contributed by atoms with Crippen LogP contribution in [0.1, 0.15) is 94.0 Å². The lowest BCUT2D eigenvalue weighted by Gasteiger charge is -2.35. The van der Waals surface area contributed by atoms with E-state index in [0.717, 1.165) is 73.3 Å². The molecule has 6 nitrogen and oxygen atoms in total. The van der Waals surface area contributed by atoms with Crippen LogP contribution in [0, 0.1) is 18.8 Å². The third-order valence-corrected chi connectivity index (χ3v) is 9.22. The maximum Gasteiger partial charge on any atom is 0.230 e. The molecule has 0 atom stereocenters. The molecule has 1 amide bonds. The van der Waals surface area contributed by atoms with E-state index >= 15 is 0 Å². The van der Waals surface area contributed by atoms with Gasteiger partial charge in [0, 0.05) is 41.5 Å². The Hall–Kier alpha value is -3.15. The number of amides is 1. The van der Waals surface area contributed by atoms with E-state index < -0.39 is 0 Å². The highest BCUT2D eigenvalue weighted by Crippen LogP contribution is 2.39. The summed E-state index contributed by atoms with van der Waals surface area (Å²) in [6, 6.07) is 13.3. The number of pyridine rings is 1. The van der Waals surface area contributed by atoms with Gasteiger partial charge in [0.2, 0.25) is 5.91 Å². The zero-order valence-electron chi connectivity index (χ0n) is 23.5. The van der Waals surface area contributed by atoms with Crippen LogP contribution in [0.5, 0.6) is 5.75 Å². The molecule has 0 radical (unpaired) electrons. The highest BCUT2D eigenvalue weighted by Gasteiger charge is 2.31. The number of carbonyl (C=O) groups is 1. The van der Waals surface area contributed by atoms with E-state index in [-0.39, 0.29) is 5.92 Å². The van der Waals surface area contributed by atoms with Gasteiger partial charge in [-0.25, -0.2) is 0 Å². The van der Waals surface area contributed by atoms with Crippen LogP contribution in [-0.2, 0) is 4.79 Å². The van der Waals surface area contributed by atoms with Crippen LogP contribution in [0.25, 0.3) is 11.1 Å². The van der Waals surface area contributed by atoms with Crippen LogP contribution in [0.3, 0.4) is 0 Å². The Morgan fingerprint density at radius 3 is 2.49 bits per heavy atom. The van der Waals surface area contributed by atoms with Crippen LogP contribution in [-0.4, -0.2) is 34.3 Å². The third kappa shape index (κ3) is 5.90. The summed E-state index contributed by atoms with van der Waals surface area (Å²) >= 11 is 0. The van der Waals surface area contributed by atoms with Gasteiger partial charge in [0.15, 0.2) is 0 Å². The summed E-state index contributed by atoms with van der Waals surface area (Å²) in [5, 5.41) is 4.60. The number of benzene rings is 1. The Morgan fingerprint density at radius 2 is 1.77 bits per heavy atom. The van der Waals surface area contributed by atoms with Gasteiger partial charge in [0.05, 0.1) is 25.0 Å². The van der Waals surface area contributed by atoms with Crippen LogP contribution < -0.4 is 9.64 Å². The van der Waals surface area contributed by atoms with Gasteiger partial charge in [-0.05, 0) is 94.0 Å². The van der Waals surface area contributed by atoms with Crippen LogP contribution in [0.15, 0.2) is 48.8 Å². The quantitative estimate of drug-likeness (QED) is 0.305. The Bertz CT molecular complexity index is 1280. The Labute approximate surface area is 232 Å². The molecule has 39 heavy (non-hydrogen) atoms. The highest BCUT2D eigenvalue weighted by atomic mass is 16.5. The van der Waals surface area contributed by atoms with Crippen molar-refractivity contribution in [3.63, 3.8) is 0 Å². The minimum Gasteiger partial charge on any atom is -0.495 e. The zero-order chi connectivity index (χ0) is 26.8. The van der Waals surface area contributed by atoms with Gasteiger partial charge in [-0.3, -0.25) is 14.5 Å². The second-order valence-corrected chi connectivity index (χ2v) is 12.0. The Kier molecular flexibility index (Phi) is 7.71. The van der Waals surface area contributed by atoms with E-state index in [1.165, 1.54) is 37.8 Å². The lowest BCUT2D eigenvalue weighted by molar-refractivity contribution is -0.123. The average Bonchev–Trinajstić information content (AvgIpc) is 3.72. The molecule has 3 aromatic rings. The molecule has 2 aromatic heterocycles. The number of carbonyl (C=O) groups excluding carboxylic acids is 1. The van der Waals surface area contributed by atoms with Crippen molar-refractivity contribution < 1.29 is 9.53 Å². The molecule has 0 unspecified atom stereocenters. The van der Waals surface area contributed by atoms with E-state index in [2.05, 4.69) is 57.3 Å². The topological polar surface area (TPSA) is 60.2 Å². The number of aryl methyl sites for hydroxylation is 1. The lowest BCUT2D eigenvalue weighted by Crippen LogP contribution is -2.41. The van der Waals surface area contributed by atoms with Crippen molar-refractivity contribution in [1.82, 2.24) is 14.8 Å². The van der Waals surface area contributed by atoms with E-state index in [1.807, 2.05) is 13.1 Å². The van der Waals surface area contributed by atoms with Crippen LogP contribution >= 0.6 is 0 Å². The molecule has 3 fully saturated rings. The van der Waals surface area contributed by atoms with Crippen molar-refractivity contribution in [1.29, 1.82) is 0 Å². The molecule has 0 bridgehead atoms. The molecule has 0 aliphatic heterocycles. The summed E-state index contributed by atoms with van der Waals surface area (Å²) in [5.41, 5.74) is 5.46. The van der Waals surface area contributed by atoms with Gasteiger partial charge in [-0.15, -0.1) is 0 Å². The van der Waals surface area contributed by atoms with Crippen molar-refractivity contribution in [3.05, 3.63) is 60.2 Å². The standard InChI is InChI=1S/C33H42N4O2/c1-23-32(39-2)18-17-31(35-23)25-13-11-24(12-14-25)21-36(33(38)26-7-4-3-5-8-26)30-10-6-9-27(19-30)28-20-34-37(22-28)29-15-16-29/h6,9-10,17-20,22,24-26,29H,3-5,7-8,11-16,21H2,1-2H3/t24-,25-. The first-order valence-electron chi connectivity index (χ1n) is 15.1. The zero-order valence-corrected chi connectivity index (χ0v) is 23.5. The molecule has 3 saturated carbocycles. The fourth-order valence-electron chi connectivity index (χ4n) is 6.68. The Morgan fingerprint density at radius 1 is 0.974 bits per heavy atom. The summed E-state index contributed by atoms with van der Waals surface area (Å²) in [7, 11) is 1.70. The van der Waals surface area contributed by atoms with Crippen LogP contribution in [0.4, 0.5) is 5.69 Å². The van der Waals surface area contributed by atoms with Crippen LogP contribution in [0.2, 0.25) is 0 Å². The van der Waals surface area contributed by atoms with Gasteiger partial charge in [-0.2, -0.15) is 5.10 Å². The van der Waals surface area contributed by atoms with Crippen molar-refractivity contribution in [2.24, 2.45) is 11.8 Å². The van der Waals surface area contributed by atoms with Gasteiger partial charge < -0.3 is 9.64 Å². The molecular formula is C33H42N4O2. The van der Waals surface area contributed by atoms with Crippen molar-refractivity contribution in [2.75, 3.05) is 18.6 Å². The summed E-state index contributed by atoms with van der Waals surface area (Å²) in [6.45, 7) is 2.83. The number of anilines is 1. The van der Waals surface area contributed by atoms with E-state index in [1.54, 1.807) is 7.11 Å². The number of rotatable bonds is 8. The van der Waals surface area contributed by atoms with Gasteiger partial charge in [0.25, 0.3) is 0 Å². The summed E-state index contributed by atoms with van der Waals surface area (Å²) in [6.07, 6.45) is 16.7. The fourth-order valence-corrected chi connectivity index (χ4v) is 6.68. The molecule has 0 N–H and O–H groups in total. The third-order valence-electron chi connectivity index (χ3n) is 9.22. The molecule has 3 aliphatic rings.